The molecule has 3 aromatic carbocycles. The van der Waals surface area contributed by atoms with E-state index in [1.165, 1.54) is 11.3 Å². The maximum absolute atomic E-state index is 13.3. The number of carbonyl (C=O) groups excluding carboxylic acids is 1. The second-order valence-electron chi connectivity index (χ2n) is 7.80. The first-order valence-corrected chi connectivity index (χ1v) is 12.0. The van der Waals surface area contributed by atoms with Crippen LogP contribution in [0.1, 0.15) is 23.7 Å². The first kappa shape index (κ1) is 21.8. The molecule has 168 valence electrons. The molecule has 0 bridgehead atoms. The molecule has 0 atom stereocenters. The van der Waals surface area contributed by atoms with Gasteiger partial charge in [0, 0.05) is 21.9 Å². The second-order valence-corrected chi connectivity index (χ2v) is 8.66. The maximum atomic E-state index is 13.3. The predicted molar refractivity (Wildman–Crippen MR) is 138 cm³/mol. The van der Waals surface area contributed by atoms with Crippen LogP contribution < -0.4 is 10.1 Å². The highest BCUT2D eigenvalue weighted by atomic mass is 32.1. The van der Waals surface area contributed by atoms with E-state index in [-0.39, 0.29) is 5.91 Å². The smallest absolute Gasteiger partial charge is 0.258 e. The van der Waals surface area contributed by atoms with Gasteiger partial charge in [-0.2, -0.15) is 0 Å². The van der Waals surface area contributed by atoms with Crippen LogP contribution in [0.4, 0.5) is 5.13 Å². The molecule has 0 aliphatic carbocycles. The number of nitrogens with one attached hydrogen (secondary N) is 1. The zero-order valence-corrected chi connectivity index (χ0v) is 19.5. The van der Waals surface area contributed by atoms with E-state index >= 15 is 0 Å². The predicted octanol–water partition coefficient (Wildman–Crippen LogP) is 7.07. The largest absolute Gasteiger partial charge is 0.494 e. The summed E-state index contributed by atoms with van der Waals surface area (Å²) < 4.78 is 5.65. The highest BCUT2D eigenvalue weighted by Crippen LogP contribution is 2.29. The number of pyridine rings is 1. The molecule has 0 saturated heterocycles. The number of rotatable bonds is 7. The zero-order chi connectivity index (χ0) is 23.3. The van der Waals surface area contributed by atoms with E-state index in [1.807, 2.05) is 90.3 Å². The standard InChI is InChI=1S/C28H23N3O2S/c1-2-16-33-21-14-12-20(13-15-21)26-18-34-28(30-26)31-27(32)23-17-25(19-8-4-3-5-9-19)29-24-11-7-6-10-22(23)24/h3-15,17-18H,2,16H2,1H3,(H,30,31,32). The van der Waals surface area contributed by atoms with E-state index < -0.39 is 0 Å². The van der Waals surface area contributed by atoms with Gasteiger partial charge in [-0.05, 0) is 42.8 Å². The molecule has 0 saturated carbocycles. The second kappa shape index (κ2) is 9.85. The van der Waals surface area contributed by atoms with Crippen LogP contribution in [0.15, 0.2) is 90.3 Å². The lowest BCUT2D eigenvalue weighted by Gasteiger charge is -2.09. The van der Waals surface area contributed by atoms with Crippen LogP contribution in [0.25, 0.3) is 33.4 Å². The first-order valence-electron chi connectivity index (χ1n) is 11.2. The molecular weight excluding hydrogens is 442 g/mol. The number of benzene rings is 3. The van der Waals surface area contributed by atoms with E-state index in [1.54, 1.807) is 0 Å². The number of anilines is 1. The lowest BCUT2D eigenvalue weighted by molar-refractivity contribution is 0.102. The van der Waals surface area contributed by atoms with Crippen LogP contribution >= 0.6 is 11.3 Å². The lowest BCUT2D eigenvalue weighted by atomic mass is 10.0. The summed E-state index contributed by atoms with van der Waals surface area (Å²) in [5, 5.41) is 6.27. The molecular formula is C28H23N3O2S. The van der Waals surface area contributed by atoms with Gasteiger partial charge in [0.1, 0.15) is 5.75 Å². The Bertz CT molecular complexity index is 1430. The minimum Gasteiger partial charge on any atom is -0.494 e. The molecule has 0 aliphatic rings. The highest BCUT2D eigenvalue weighted by Gasteiger charge is 2.16. The van der Waals surface area contributed by atoms with E-state index in [0.29, 0.717) is 17.3 Å². The summed E-state index contributed by atoms with van der Waals surface area (Å²) in [4.78, 5) is 22.7. The molecule has 0 radical (unpaired) electrons. The van der Waals surface area contributed by atoms with Gasteiger partial charge in [0.05, 0.1) is 29.1 Å². The summed E-state index contributed by atoms with van der Waals surface area (Å²) in [6.45, 7) is 2.78. The minimum atomic E-state index is -0.208. The van der Waals surface area contributed by atoms with Crippen LogP contribution in [-0.4, -0.2) is 22.5 Å². The average Bonchev–Trinajstić information content (AvgIpc) is 3.36. The van der Waals surface area contributed by atoms with E-state index in [4.69, 9.17) is 9.72 Å². The molecule has 34 heavy (non-hydrogen) atoms. The number of hydrogen-bond acceptors (Lipinski definition) is 5. The third-order valence-electron chi connectivity index (χ3n) is 5.38. The van der Waals surface area contributed by atoms with Crippen molar-refractivity contribution in [3.63, 3.8) is 0 Å². The van der Waals surface area contributed by atoms with Crippen molar-refractivity contribution in [2.24, 2.45) is 0 Å². The number of fused-ring (bicyclic) bond motifs is 1. The molecule has 5 nitrogen and oxygen atoms in total. The third-order valence-corrected chi connectivity index (χ3v) is 6.14. The maximum Gasteiger partial charge on any atom is 0.258 e. The molecule has 1 amide bonds. The Morgan fingerprint density at radius 2 is 1.62 bits per heavy atom. The van der Waals surface area contributed by atoms with Gasteiger partial charge in [-0.25, -0.2) is 9.97 Å². The number of para-hydroxylation sites is 1. The Hall–Kier alpha value is -4.03. The average molecular weight is 466 g/mol. The van der Waals surface area contributed by atoms with Gasteiger partial charge in [-0.1, -0.05) is 55.5 Å². The van der Waals surface area contributed by atoms with Gasteiger partial charge in [0.2, 0.25) is 0 Å². The third kappa shape index (κ3) is 4.67. The Balaban J connectivity index is 1.41. The fourth-order valence-corrected chi connectivity index (χ4v) is 4.40. The molecule has 1 N–H and O–H groups in total. The highest BCUT2D eigenvalue weighted by molar-refractivity contribution is 7.14. The number of hydrogen-bond donors (Lipinski definition) is 1. The van der Waals surface area contributed by atoms with Crippen molar-refractivity contribution in [1.29, 1.82) is 0 Å². The van der Waals surface area contributed by atoms with Gasteiger partial charge in [-0.3, -0.25) is 10.1 Å². The number of thiazole rings is 1. The van der Waals surface area contributed by atoms with Gasteiger partial charge in [0.25, 0.3) is 5.91 Å². The molecule has 0 unspecified atom stereocenters. The normalized spacial score (nSPS) is 10.9. The molecule has 5 rings (SSSR count). The van der Waals surface area contributed by atoms with E-state index in [9.17, 15) is 4.79 Å². The number of nitrogens with zero attached hydrogens (tertiary/aromatic N) is 2. The zero-order valence-electron chi connectivity index (χ0n) is 18.7. The summed E-state index contributed by atoms with van der Waals surface area (Å²) in [6.07, 6.45) is 0.969. The quantitative estimate of drug-likeness (QED) is 0.279. The van der Waals surface area contributed by atoms with Crippen LogP contribution in [0, 0.1) is 0 Å². The SMILES string of the molecule is CCCOc1ccc(-c2csc(NC(=O)c3cc(-c4ccccc4)nc4ccccc34)n2)cc1. The fraction of sp³-hybridized carbons (Fsp3) is 0.107. The Morgan fingerprint density at radius 3 is 2.41 bits per heavy atom. The fourth-order valence-electron chi connectivity index (χ4n) is 3.69. The molecule has 2 aromatic heterocycles. The summed E-state index contributed by atoms with van der Waals surface area (Å²) >= 11 is 1.40. The van der Waals surface area contributed by atoms with Gasteiger partial charge < -0.3 is 4.74 Å². The van der Waals surface area contributed by atoms with Gasteiger partial charge in [-0.15, -0.1) is 11.3 Å². The van der Waals surface area contributed by atoms with Crippen molar-refractivity contribution in [2.75, 3.05) is 11.9 Å². The van der Waals surface area contributed by atoms with Crippen molar-refractivity contribution in [3.05, 3.63) is 95.9 Å². The molecule has 2 heterocycles. The van der Waals surface area contributed by atoms with Crippen molar-refractivity contribution < 1.29 is 9.53 Å². The van der Waals surface area contributed by atoms with Crippen LogP contribution in [0.5, 0.6) is 5.75 Å². The Morgan fingerprint density at radius 1 is 0.882 bits per heavy atom. The lowest BCUT2D eigenvalue weighted by Crippen LogP contribution is -2.13. The monoisotopic (exact) mass is 465 g/mol. The van der Waals surface area contributed by atoms with Crippen molar-refractivity contribution >= 4 is 33.3 Å². The van der Waals surface area contributed by atoms with Crippen LogP contribution in [0.2, 0.25) is 0 Å². The van der Waals surface area contributed by atoms with Crippen molar-refractivity contribution in [3.8, 4) is 28.3 Å². The number of carbonyl (C=O) groups is 1. The number of ether oxygens (including phenoxy) is 1. The van der Waals surface area contributed by atoms with Gasteiger partial charge >= 0.3 is 0 Å². The molecule has 0 fully saturated rings. The minimum absolute atomic E-state index is 0.208. The summed E-state index contributed by atoms with van der Waals surface area (Å²) in [5.41, 5.74) is 4.85. The molecule has 6 heteroatoms. The Kier molecular flexibility index (Phi) is 6.31. The molecule has 5 aromatic rings. The number of aromatic nitrogens is 2. The van der Waals surface area contributed by atoms with Crippen LogP contribution in [-0.2, 0) is 0 Å². The van der Waals surface area contributed by atoms with Crippen LogP contribution in [0.3, 0.4) is 0 Å². The summed E-state index contributed by atoms with van der Waals surface area (Å²) in [6, 6.07) is 27.2. The summed E-state index contributed by atoms with van der Waals surface area (Å²) in [5.74, 6) is 0.633. The van der Waals surface area contributed by atoms with Crippen molar-refractivity contribution in [2.45, 2.75) is 13.3 Å². The van der Waals surface area contributed by atoms with E-state index in [0.717, 1.165) is 45.6 Å². The first-order chi connectivity index (χ1) is 16.7. The van der Waals surface area contributed by atoms with Crippen molar-refractivity contribution in [1.82, 2.24) is 9.97 Å². The Labute approximate surface area is 202 Å². The topological polar surface area (TPSA) is 64.1 Å². The summed E-state index contributed by atoms with van der Waals surface area (Å²) in [7, 11) is 0. The van der Waals surface area contributed by atoms with Gasteiger partial charge in [0.15, 0.2) is 5.13 Å². The van der Waals surface area contributed by atoms with E-state index in [2.05, 4.69) is 17.2 Å². The number of amides is 1. The molecule has 0 aliphatic heterocycles. The molecule has 0 spiro atoms.